The van der Waals surface area contributed by atoms with Gasteiger partial charge in [-0.05, 0) is 39.0 Å². The standard InChI is InChI=1S/C15H23N3O3/c1-15(2,3)17-13(19)9-21-14(20)10-6-7-12(18(4)5)11(16)8-10/h6-8H,9,16H2,1-5H3,(H,17,19). The first-order valence-electron chi connectivity index (χ1n) is 6.65. The molecule has 0 aliphatic heterocycles. The summed E-state index contributed by atoms with van der Waals surface area (Å²) in [5.41, 5.74) is 7.13. The summed E-state index contributed by atoms with van der Waals surface area (Å²) in [4.78, 5) is 25.3. The van der Waals surface area contributed by atoms with Crippen LogP contribution in [0.3, 0.4) is 0 Å². The van der Waals surface area contributed by atoms with E-state index in [4.69, 9.17) is 10.5 Å². The summed E-state index contributed by atoms with van der Waals surface area (Å²) in [6.45, 7) is 5.25. The molecule has 0 saturated carbocycles. The van der Waals surface area contributed by atoms with Crippen LogP contribution in [0.2, 0.25) is 0 Å². The monoisotopic (exact) mass is 293 g/mol. The van der Waals surface area contributed by atoms with E-state index in [1.54, 1.807) is 18.2 Å². The number of benzene rings is 1. The molecule has 0 radical (unpaired) electrons. The highest BCUT2D eigenvalue weighted by Gasteiger charge is 2.16. The highest BCUT2D eigenvalue weighted by atomic mass is 16.5. The van der Waals surface area contributed by atoms with E-state index in [9.17, 15) is 9.59 Å². The van der Waals surface area contributed by atoms with E-state index in [1.165, 1.54) is 0 Å². The van der Waals surface area contributed by atoms with Crippen LogP contribution in [0.4, 0.5) is 11.4 Å². The van der Waals surface area contributed by atoms with Gasteiger partial charge in [0.25, 0.3) is 5.91 Å². The van der Waals surface area contributed by atoms with Crippen molar-refractivity contribution < 1.29 is 14.3 Å². The lowest BCUT2D eigenvalue weighted by molar-refractivity contribution is -0.125. The normalized spacial score (nSPS) is 10.9. The minimum atomic E-state index is -0.573. The smallest absolute Gasteiger partial charge is 0.338 e. The zero-order valence-electron chi connectivity index (χ0n) is 13.2. The van der Waals surface area contributed by atoms with Crippen LogP contribution in [0.15, 0.2) is 18.2 Å². The van der Waals surface area contributed by atoms with Crippen molar-refractivity contribution in [2.75, 3.05) is 31.3 Å². The van der Waals surface area contributed by atoms with Gasteiger partial charge in [0.05, 0.1) is 16.9 Å². The Bertz CT molecular complexity index is 533. The van der Waals surface area contributed by atoms with Gasteiger partial charge >= 0.3 is 5.97 Å². The van der Waals surface area contributed by atoms with Gasteiger partial charge in [0.2, 0.25) is 0 Å². The van der Waals surface area contributed by atoms with Gasteiger partial charge in [-0.3, -0.25) is 4.79 Å². The summed E-state index contributed by atoms with van der Waals surface area (Å²) in [5, 5.41) is 2.71. The summed E-state index contributed by atoms with van der Waals surface area (Å²) in [7, 11) is 3.72. The molecule has 0 atom stereocenters. The predicted molar refractivity (Wildman–Crippen MR) is 83.4 cm³/mol. The van der Waals surface area contributed by atoms with Crippen molar-refractivity contribution in [1.82, 2.24) is 5.32 Å². The van der Waals surface area contributed by atoms with E-state index in [0.717, 1.165) is 5.69 Å². The van der Waals surface area contributed by atoms with Gasteiger partial charge < -0.3 is 20.7 Å². The number of carbonyl (C=O) groups excluding carboxylic acids is 2. The lowest BCUT2D eigenvalue weighted by Gasteiger charge is -2.20. The number of hydrogen-bond acceptors (Lipinski definition) is 5. The van der Waals surface area contributed by atoms with Crippen molar-refractivity contribution in [3.63, 3.8) is 0 Å². The van der Waals surface area contributed by atoms with Crippen LogP contribution in [0.5, 0.6) is 0 Å². The molecule has 0 bridgehead atoms. The molecule has 0 heterocycles. The molecule has 6 nitrogen and oxygen atoms in total. The van der Waals surface area contributed by atoms with Crippen LogP contribution in [-0.4, -0.2) is 38.1 Å². The molecule has 21 heavy (non-hydrogen) atoms. The molecule has 0 aromatic heterocycles. The van der Waals surface area contributed by atoms with Crippen LogP contribution in [-0.2, 0) is 9.53 Å². The van der Waals surface area contributed by atoms with Gasteiger partial charge in [-0.25, -0.2) is 4.79 Å². The number of nitrogen functional groups attached to an aromatic ring is 1. The molecular formula is C15H23N3O3. The molecule has 1 aromatic carbocycles. The van der Waals surface area contributed by atoms with Crippen molar-refractivity contribution in [2.24, 2.45) is 0 Å². The van der Waals surface area contributed by atoms with E-state index in [1.807, 2.05) is 39.8 Å². The summed E-state index contributed by atoms with van der Waals surface area (Å²) >= 11 is 0. The Balaban J connectivity index is 2.65. The number of nitrogens with zero attached hydrogens (tertiary/aromatic N) is 1. The average molecular weight is 293 g/mol. The topological polar surface area (TPSA) is 84.7 Å². The SMILES string of the molecule is CN(C)c1ccc(C(=O)OCC(=O)NC(C)(C)C)cc1N. The number of rotatable bonds is 4. The first-order valence-corrected chi connectivity index (χ1v) is 6.65. The van der Waals surface area contributed by atoms with E-state index in [2.05, 4.69) is 5.32 Å². The van der Waals surface area contributed by atoms with Crippen molar-refractivity contribution in [1.29, 1.82) is 0 Å². The van der Waals surface area contributed by atoms with E-state index >= 15 is 0 Å². The molecule has 0 fully saturated rings. The summed E-state index contributed by atoms with van der Waals surface area (Å²) in [6, 6.07) is 4.90. The lowest BCUT2D eigenvalue weighted by atomic mass is 10.1. The number of esters is 1. The molecule has 0 spiro atoms. The Labute approximate surface area is 125 Å². The quantitative estimate of drug-likeness (QED) is 0.647. The van der Waals surface area contributed by atoms with Gasteiger partial charge in [-0.15, -0.1) is 0 Å². The Morgan fingerprint density at radius 3 is 2.38 bits per heavy atom. The van der Waals surface area contributed by atoms with Crippen molar-refractivity contribution >= 4 is 23.3 Å². The molecule has 0 unspecified atom stereocenters. The number of ether oxygens (including phenoxy) is 1. The third-order valence-electron chi connectivity index (χ3n) is 2.59. The van der Waals surface area contributed by atoms with E-state index in [0.29, 0.717) is 11.3 Å². The minimum absolute atomic E-state index is 0.314. The lowest BCUT2D eigenvalue weighted by Crippen LogP contribution is -2.42. The van der Waals surface area contributed by atoms with Crippen LogP contribution < -0.4 is 16.0 Å². The third kappa shape index (κ3) is 5.33. The number of nitrogens with one attached hydrogen (secondary N) is 1. The number of hydrogen-bond donors (Lipinski definition) is 2. The summed E-state index contributed by atoms with van der Waals surface area (Å²) < 4.78 is 4.97. The molecule has 0 aliphatic rings. The Hall–Kier alpha value is -2.24. The molecule has 0 saturated heterocycles. The third-order valence-corrected chi connectivity index (χ3v) is 2.59. The highest BCUT2D eigenvalue weighted by Crippen LogP contribution is 2.22. The van der Waals surface area contributed by atoms with Gasteiger partial charge in [0.1, 0.15) is 0 Å². The van der Waals surface area contributed by atoms with Gasteiger partial charge in [-0.2, -0.15) is 0 Å². The molecule has 1 amide bonds. The molecular weight excluding hydrogens is 270 g/mol. The fourth-order valence-corrected chi connectivity index (χ4v) is 1.76. The maximum absolute atomic E-state index is 11.9. The van der Waals surface area contributed by atoms with Crippen LogP contribution in [0.1, 0.15) is 31.1 Å². The number of amides is 1. The number of anilines is 2. The molecule has 1 rings (SSSR count). The minimum Gasteiger partial charge on any atom is -0.452 e. The molecule has 0 aliphatic carbocycles. The number of carbonyl (C=O) groups is 2. The Morgan fingerprint density at radius 2 is 1.90 bits per heavy atom. The summed E-state index contributed by atoms with van der Waals surface area (Å²) in [6.07, 6.45) is 0. The van der Waals surface area contributed by atoms with Crippen molar-refractivity contribution in [3.8, 4) is 0 Å². The first kappa shape index (κ1) is 16.8. The Morgan fingerprint density at radius 1 is 1.29 bits per heavy atom. The van der Waals surface area contributed by atoms with Crippen LogP contribution in [0.25, 0.3) is 0 Å². The van der Waals surface area contributed by atoms with E-state index in [-0.39, 0.29) is 18.1 Å². The van der Waals surface area contributed by atoms with Gasteiger partial charge in [0.15, 0.2) is 6.61 Å². The van der Waals surface area contributed by atoms with Gasteiger partial charge in [-0.1, -0.05) is 0 Å². The zero-order valence-corrected chi connectivity index (χ0v) is 13.2. The van der Waals surface area contributed by atoms with Crippen LogP contribution >= 0.6 is 0 Å². The van der Waals surface area contributed by atoms with Crippen LogP contribution in [0, 0.1) is 0 Å². The molecule has 6 heteroatoms. The second-order valence-electron chi connectivity index (χ2n) is 6.04. The Kier molecular flexibility index (Phi) is 5.18. The van der Waals surface area contributed by atoms with Gasteiger partial charge in [0, 0.05) is 19.6 Å². The molecule has 1 aromatic rings. The second-order valence-corrected chi connectivity index (χ2v) is 6.04. The van der Waals surface area contributed by atoms with E-state index < -0.39 is 5.97 Å². The highest BCUT2D eigenvalue weighted by molar-refractivity contribution is 5.93. The molecule has 3 N–H and O–H groups in total. The number of nitrogens with two attached hydrogens (primary N) is 1. The fourth-order valence-electron chi connectivity index (χ4n) is 1.76. The van der Waals surface area contributed by atoms with Crippen molar-refractivity contribution in [2.45, 2.75) is 26.3 Å². The van der Waals surface area contributed by atoms with Crippen molar-refractivity contribution in [3.05, 3.63) is 23.8 Å². The summed E-state index contributed by atoms with van der Waals surface area (Å²) in [5.74, 6) is -0.912. The molecule has 116 valence electrons. The average Bonchev–Trinajstić information content (AvgIpc) is 2.33. The zero-order chi connectivity index (χ0) is 16.2. The maximum Gasteiger partial charge on any atom is 0.338 e. The largest absolute Gasteiger partial charge is 0.452 e. The maximum atomic E-state index is 11.9. The second kappa shape index (κ2) is 6.47. The first-order chi connectivity index (χ1) is 9.60. The predicted octanol–water partition coefficient (Wildman–Crippen LogP) is 1.41. The fraction of sp³-hybridized carbons (Fsp3) is 0.467.